The highest BCUT2D eigenvalue weighted by Gasteiger charge is 2.28. The molecule has 1 heterocycles. The summed E-state index contributed by atoms with van der Waals surface area (Å²) in [5.74, 6) is 1.05. The summed E-state index contributed by atoms with van der Waals surface area (Å²) >= 11 is 0. The van der Waals surface area contributed by atoms with Gasteiger partial charge in [0.2, 0.25) is 0 Å². The van der Waals surface area contributed by atoms with Crippen molar-refractivity contribution in [1.82, 2.24) is 14.5 Å². The number of methoxy groups -OCH3 is 1. The summed E-state index contributed by atoms with van der Waals surface area (Å²) in [4.78, 5) is 6.58. The molecule has 5 heteroatoms. The van der Waals surface area contributed by atoms with Crippen LogP contribution in [0.1, 0.15) is 19.2 Å². The molecule has 0 saturated heterocycles. The van der Waals surface area contributed by atoms with Gasteiger partial charge in [-0.25, -0.2) is 4.98 Å². The summed E-state index contributed by atoms with van der Waals surface area (Å²) in [7, 11) is 5.80. The molecule has 17 heavy (non-hydrogen) atoms. The van der Waals surface area contributed by atoms with Gasteiger partial charge in [0.15, 0.2) is 0 Å². The minimum absolute atomic E-state index is 0.0536. The van der Waals surface area contributed by atoms with Crippen LogP contribution in [-0.4, -0.2) is 47.3 Å². The first kappa shape index (κ1) is 14.2. The molecular formula is C12H24N4O. The second-order valence-electron chi connectivity index (χ2n) is 4.75. The molecule has 0 aromatic carbocycles. The SMILES string of the molecule is COCCC(C)(CN)N(C)Cc1nccn1C. The summed E-state index contributed by atoms with van der Waals surface area (Å²) < 4.78 is 7.18. The number of likely N-dealkylation sites (N-methyl/N-ethyl adjacent to an activating group) is 1. The Labute approximate surface area is 104 Å². The van der Waals surface area contributed by atoms with E-state index in [2.05, 4.69) is 23.9 Å². The van der Waals surface area contributed by atoms with Gasteiger partial charge in [0, 0.05) is 45.2 Å². The number of imidazole rings is 1. The molecule has 1 atom stereocenters. The number of rotatable bonds is 7. The Balaban J connectivity index is 2.66. The monoisotopic (exact) mass is 240 g/mol. The number of nitrogens with zero attached hydrogens (tertiary/aromatic N) is 3. The molecule has 0 radical (unpaired) electrons. The maximum absolute atomic E-state index is 5.89. The van der Waals surface area contributed by atoms with E-state index in [9.17, 15) is 0 Å². The van der Waals surface area contributed by atoms with Gasteiger partial charge in [-0.05, 0) is 20.4 Å². The second kappa shape index (κ2) is 6.14. The second-order valence-corrected chi connectivity index (χ2v) is 4.75. The van der Waals surface area contributed by atoms with Gasteiger partial charge >= 0.3 is 0 Å². The Morgan fingerprint density at radius 1 is 1.59 bits per heavy atom. The lowest BCUT2D eigenvalue weighted by molar-refractivity contribution is 0.0814. The first-order valence-electron chi connectivity index (χ1n) is 5.90. The van der Waals surface area contributed by atoms with Crippen molar-refractivity contribution in [2.75, 3.05) is 27.3 Å². The predicted molar refractivity (Wildman–Crippen MR) is 68.6 cm³/mol. The van der Waals surface area contributed by atoms with Crippen LogP contribution in [-0.2, 0) is 18.3 Å². The number of ether oxygens (including phenoxy) is 1. The van der Waals surface area contributed by atoms with Gasteiger partial charge in [-0.2, -0.15) is 0 Å². The lowest BCUT2D eigenvalue weighted by Crippen LogP contribution is -2.50. The van der Waals surface area contributed by atoms with Crippen LogP contribution >= 0.6 is 0 Å². The van der Waals surface area contributed by atoms with Crippen molar-refractivity contribution in [3.63, 3.8) is 0 Å². The fraction of sp³-hybridized carbons (Fsp3) is 0.750. The maximum Gasteiger partial charge on any atom is 0.122 e. The zero-order valence-corrected chi connectivity index (χ0v) is 11.3. The van der Waals surface area contributed by atoms with Gasteiger partial charge in [-0.3, -0.25) is 4.90 Å². The van der Waals surface area contributed by atoms with Crippen LogP contribution in [0.3, 0.4) is 0 Å². The molecule has 2 N–H and O–H groups in total. The van der Waals surface area contributed by atoms with Crippen LogP contribution in [0, 0.1) is 0 Å². The molecule has 0 bridgehead atoms. The molecule has 1 unspecified atom stereocenters. The van der Waals surface area contributed by atoms with Crippen molar-refractivity contribution in [1.29, 1.82) is 0 Å². The lowest BCUT2D eigenvalue weighted by atomic mass is 9.96. The van der Waals surface area contributed by atoms with E-state index in [1.165, 1.54) is 0 Å². The average molecular weight is 240 g/mol. The summed E-state index contributed by atoms with van der Waals surface area (Å²) in [6.45, 7) is 4.28. The molecule has 0 saturated carbocycles. The minimum atomic E-state index is -0.0536. The van der Waals surface area contributed by atoms with E-state index in [4.69, 9.17) is 10.5 Å². The van der Waals surface area contributed by atoms with Crippen molar-refractivity contribution in [3.05, 3.63) is 18.2 Å². The van der Waals surface area contributed by atoms with Crippen LogP contribution in [0.5, 0.6) is 0 Å². The Morgan fingerprint density at radius 2 is 2.29 bits per heavy atom. The molecule has 0 amide bonds. The highest BCUT2D eigenvalue weighted by atomic mass is 16.5. The molecule has 98 valence electrons. The summed E-state index contributed by atoms with van der Waals surface area (Å²) in [5.41, 5.74) is 5.84. The van der Waals surface area contributed by atoms with Crippen LogP contribution in [0.4, 0.5) is 0 Å². The number of hydrogen-bond acceptors (Lipinski definition) is 4. The Hall–Kier alpha value is -0.910. The van der Waals surface area contributed by atoms with E-state index in [1.807, 2.05) is 24.0 Å². The maximum atomic E-state index is 5.89. The fourth-order valence-electron chi connectivity index (χ4n) is 1.72. The minimum Gasteiger partial charge on any atom is -0.385 e. The summed E-state index contributed by atoms with van der Waals surface area (Å²) in [5, 5.41) is 0. The van der Waals surface area contributed by atoms with Crippen LogP contribution < -0.4 is 5.73 Å². The van der Waals surface area contributed by atoms with Crippen molar-refractivity contribution in [2.24, 2.45) is 12.8 Å². The number of hydrogen-bond donors (Lipinski definition) is 1. The zero-order valence-electron chi connectivity index (χ0n) is 11.3. The molecule has 0 fully saturated rings. The standard InChI is InChI=1S/C12H24N4O/c1-12(10-13,5-8-17-4)16(3)9-11-14-6-7-15(11)2/h6-7H,5,8-10,13H2,1-4H3. The first-order valence-corrected chi connectivity index (χ1v) is 5.90. The Kier molecular flexibility index (Phi) is 5.11. The Bertz CT molecular complexity index is 339. The van der Waals surface area contributed by atoms with Crippen molar-refractivity contribution in [2.45, 2.75) is 25.4 Å². The molecule has 0 spiro atoms. The largest absolute Gasteiger partial charge is 0.385 e. The average Bonchev–Trinajstić information content (AvgIpc) is 2.72. The summed E-state index contributed by atoms with van der Waals surface area (Å²) in [6, 6.07) is 0. The highest BCUT2D eigenvalue weighted by Crippen LogP contribution is 2.18. The molecule has 0 aliphatic heterocycles. The van der Waals surface area contributed by atoms with Gasteiger partial charge in [0.05, 0.1) is 6.54 Å². The van der Waals surface area contributed by atoms with E-state index in [1.54, 1.807) is 7.11 Å². The van der Waals surface area contributed by atoms with Crippen molar-refractivity contribution >= 4 is 0 Å². The molecule has 0 aliphatic rings. The molecular weight excluding hydrogens is 216 g/mol. The van der Waals surface area contributed by atoms with Gasteiger partial charge in [-0.1, -0.05) is 0 Å². The van der Waals surface area contributed by atoms with E-state index in [0.29, 0.717) is 6.54 Å². The van der Waals surface area contributed by atoms with Gasteiger partial charge < -0.3 is 15.0 Å². The molecule has 1 rings (SSSR count). The molecule has 1 aromatic heterocycles. The molecule has 1 aromatic rings. The van der Waals surface area contributed by atoms with Gasteiger partial charge in [0.25, 0.3) is 0 Å². The van der Waals surface area contributed by atoms with E-state index in [-0.39, 0.29) is 5.54 Å². The fourth-order valence-corrected chi connectivity index (χ4v) is 1.72. The highest BCUT2D eigenvalue weighted by molar-refractivity contribution is 4.94. The Morgan fingerprint density at radius 3 is 2.76 bits per heavy atom. The lowest BCUT2D eigenvalue weighted by Gasteiger charge is -2.37. The van der Waals surface area contributed by atoms with E-state index in [0.717, 1.165) is 25.4 Å². The zero-order chi connectivity index (χ0) is 12.9. The molecule has 0 aliphatic carbocycles. The van der Waals surface area contributed by atoms with Crippen molar-refractivity contribution in [3.8, 4) is 0 Å². The third-order valence-electron chi connectivity index (χ3n) is 3.51. The first-order chi connectivity index (χ1) is 8.03. The van der Waals surface area contributed by atoms with Gasteiger partial charge in [0.1, 0.15) is 5.82 Å². The summed E-state index contributed by atoms with van der Waals surface area (Å²) in [6.07, 6.45) is 4.69. The van der Waals surface area contributed by atoms with Gasteiger partial charge in [-0.15, -0.1) is 0 Å². The topological polar surface area (TPSA) is 56.3 Å². The van der Waals surface area contributed by atoms with Crippen LogP contribution in [0.2, 0.25) is 0 Å². The number of aryl methyl sites for hydroxylation is 1. The normalized spacial score (nSPS) is 15.2. The van der Waals surface area contributed by atoms with E-state index < -0.39 is 0 Å². The van der Waals surface area contributed by atoms with Crippen LogP contribution in [0.25, 0.3) is 0 Å². The number of aromatic nitrogens is 2. The third kappa shape index (κ3) is 3.52. The van der Waals surface area contributed by atoms with Crippen LogP contribution in [0.15, 0.2) is 12.4 Å². The van der Waals surface area contributed by atoms with E-state index >= 15 is 0 Å². The predicted octanol–water partition coefficient (Wildman–Crippen LogP) is 0.606. The number of nitrogens with two attached hydrogens (primary N) is 1. The van der Waals surface area contributed by atoms with Crippen molar-refractivity contribution < 1.29 is 4.74 Å². The molecule has 5 nitrogen and oxygen atoms in total. The quantitative estimate of drug-likeness (QED) is 0.758. The third-order valence-corrected chi connectivity index (χ3v) is 3.51. The smallest absolute Gasteiger partial charge is 0.122 e.